The van der Waals surface area contributed by atoms with E-state index in [9.17, 15) is 13.2 Å². The van der Waals surface area contributed by atoms with Gasteiger partial charge in [0.15, 0.2) is 5.03 Å². The fraction of sp³-hybridized carbons (Fsp3) is 0.733. The van der Waals surface area contributed by atoms with E-state index >= 15 is 0 Å². The molecule has 0 aliphatic carbocycles. The van der Waals surface area contributed by atoms with Crippen LogP contribution in [-0.4, -0.2) is 48.1 Å². The Hall–Kier alpha value is -1.41. The first-order valence-electron chi connectivity index (χ1n) is 8.10. The van der Waals surface area contributed by atoms with Crippen LogP contribution in [0.2, 0.25) is 0 Å². The van der Waals surface area contributed by atoms with Gasteiger partial charge in [0, 0.05) is 31.6 Å². The Morgan fingerprint density at radius 3 is 2.78 bits per heavy atom. The van der Waals surface area contributed by atoms with Gasteiger partial charge >= 0.3 is 0 Å². The molecule has 1 fully saturated rings. The van der Waals surface area contributed by atoms with Gasteiger partial charge in [-0.15, -0.1) is 0 Å². The number of amides is 1. The number of nitrogens with one attached hydrogen (secondary N) is 1. The molecule has 1 aromatic rings. The Morgan fingerprint density at radius 2 is 2.17 bits per heavy atom. The monoisotopic (exact) mass is 342 g/mol. The molecule has 1 amide bonds. The maximum atomic E-state index is 12.6. The molecule has 1 saturated heterocycles. The number of aromatic nitrogens is 2. The van der Waals surface area contributed by atoms with Crippen molar-refractivity contribution in [3.8, 4) is 0 Å². The lowest BCUT2D eigenvalue weighted by molar-refractivity contribution is -0.135. The van der Waals surface area contributed by atoms with E-state index in [1.807, 2.05) is 20.8 Å². The molecular weight excluding hydrogens is 316 g/mol. The third-order valence-electron chi connectivity index (χ3n) is 3.99. The molecule has 0 spiro atoms. The van der Waals surface area contributed by atoms with Gasteiger partial charge in [0.05, 0.1) is 5.69 Å². The Morgan fingerprint density at radius 1 is 1.48 bits per heavy atom. The summed E-state index contributed by atoms with van der Waals surface area (Å²) >= 11 is 0. The highest BCUT2D eigenvalue weighted by molar-refractivity contribution is 7.89. The van der Waals surface area contributed by atoms with Crippen LogP contribution in [-0.2, 0) is 21.4 Å². The quantitative estimate of drug-likeness (QED) is 0.869. The average molecular weight is 342 g/mol. The molecule has 0 aromatic carbocycles. The first-order valence-corrected chi connectivity index (χ1v) is 9.58. The van der Waals surface area contributed by atoms with Gasteiger partial charge in [0.25, 0.3) is 10.0 Å². The number of nitrogens with zero attached hydrogens (tertiary/aromatic N) is 3. The molecule has 2 rings (SSSR count). The van der Waals surface area contributed by atoms with Crippen LogP contribution in [0.3, 0.4) is 0 Å². The van der Waals surface area contributed by atoms with Crippen LogP contribution in [0.25, 0.3) is 0 Å². The van der Waals surface area contributed by atoms with Crippen molar-refractivity contribution in [3.63, 3.8) is 0 Å². The van der Waals surface area contributed by atoms with Gasteiger partial charge in [-0.05, 0) is 32.8 Å². The largest absolute Gasteiger partial charge is 0.341 e. The number of piperidine rings is 1. The lowest BCUT2D eigenvalue weighted by Crippen LogP contribution is -2.50. The number of aryl methyl sites for hydroxylation is 2. The minimum absolute atomic E-state index is 0.0725. The zero-order valence-electron chi connectivity index (χ0n) is 14.2. The van der Waals surface area contributed by atoms with Crippen molar-refractivity contribution in [2.24, 2.45) is 5.92 Å². The van der Waals surface area contributed by atoms with Gasteiger partial charge in [-0.2, -0.15) is 5.10 Å². The average Bonchev–Trinajstić information content (AvgIpc) is 2.88. The zero-order chi connectivity index (χ0) is 17.2. The highest BCUT2D eigenvalue weighted by Gasteiger charge is 2.30. The van der Waals surface area contributed by atoms with Crippen LogP contribution in [0.5, 0.6) is 0 Å². The van der Waals surface area contributed by atoms with Crippen LogP contribution in [0, 0.1) is 12.8 Å². The molecule has 8 heteroatoms. The van der Waals surface area contributed by atoms with Gasteiger partial charge < -0.3 is 4.90 Å². The van der Waals surface area contributed by atoms with Crippen LogP contribution in [0.4, 0.5) is 0 Å². The molecule has 1 aromatic heterocycles. The van der Waals surface area contributed by atoms with E-state index < -0.39 is 10.0 Å². The van der Waals surface area contributed by atoms with Crippen LogP contribution >= 0.6 is 0 Å². The maximum absolute atomic E-state index is 12.6. The lowest BCUT2D eigenvalue weighted by atomic mass is 10.0. The summed E-state index contributed by atoms with van der Waals surface area (Å²) in [6, 6.07) is 1.32. The minimum atomic E-state index is -3.64. The Labute approximate surface area is 138 Å². The Balaban J connectivity index is 2.12. The fourth-order valence-electron chi connectivity index (χ4n) is 2.88. The molecule has 2 heterocycles. The standard InChI is InChI=1S/C15H26N4O3S/c1-5-19-14(9-12(4)16-19)23(21,22)17-13-7-6-8-18(10-13)15(20)11(2)3/h9,11,13,17H,5-8,10H2,1-4H3/t13-/m0/s1. The smallest absolute Gasteiger partial charge is 0.258 e. The zero-order valence-corrected chi connectivity index (χ0v) is 15.1. The first kappa shape index (κ1) is 17.9. The maximum Gasteiger partial charge on any atom is 0.258 e. The van der Waals surface area contributed by atoms with Crippen molar-refractivity contribution in [1.29, 1.82) is 0 Å². The van der Waals surface area contributed by atoms with E-state index in [2.05, 4.69) is 9.82 Å². The molecule has 130 valence electrons. The van der Waals surface area contributed by atoms with Gasteiger partial charge in [-0.1, -0.05) is 13.8 Å². The number of rotatable bonds is 5. The molecule has 1 aliphatic rings. The number of likely N-dealkylation sites (tertiary alicyclic amines) is 1. The van der Waals surface area contributed by atoms with Crippen molar-refractivity contribution >= 4 is 15.9 Å². The van der Waals surface area contributed by atoms with Crippen LogP contribution in [0.15, 0.2) is 11.1 Å². The number of hydrogen-bond acceptors (Lipinski definition) is 4. The summed E-state index contributed by atoms with van der Waals surface area (Å²) in [7, 11) is -3.64. The molecule has 0 saturated carbocycles. The second-order valence-corrected chi connectivity index (χ2v) is 8.00. The lowest BCUT2D eigenvalue weighted by Gasteiger charge is -2.34. The SMILES string of the molecule is CCn1nc(C)cc1S(=O)(=O)N[C@H]1CCCN(C(=O)C(C)C)C1. The van der Waals surface area contributed by atoms with E-state index in [-0.39, 0.29) is 22.9 Å². The van der Waals surface area contributed by atoms with E-state index in [1.54, 1.807) is 17.9 Å². The predicted octanol–water partition coefficient (Wildman–Crippen LogP) is 1.14. The summed E-state index contributed by atoms with van der Waals surface area (Å²) in [5, 5.41) is 4.37. The highest BCUT2D eigenvalue weighted by Crippen LogP contribution is 2.17. The van der Waals surface area contributed by atoms with Crippen molar-refractivity contribution in [2.45, 2.75) is 58.1 Å². The van der Waals surface area contributed by atoms with Crippen molar-refractivity contribution in [3.05, 3.63) is 11.8 Å². The summed E-state index contributed by atoms with van der Waals surface area (Å²) in [6.07, 6.45) is 1.54. The summed E-state index contributed by atoms with van der Waals surface area (Å²) in [5.41, 5.74) is 0.674. The Kier molecular flexibility index (Phi) is 5.46. The van der Waals surface area contributed by atoms with E-state index in [0.717, 1.165) is 12.8 Å². The normalized spacial score (nSPS) is 19.3. The van der Waals surface area contributed by atoms with Gasteiger partial charge in [0.1, 0.15) is 0 Å². The second-order valence-electron chi connectivity index (χ2n) is 6.34. The number of hydrogen-bond donors (Lipinski definition) is 1. The van der Waals surface area contributed by atoms with Gasteiger partial charge in [-0.3, -0.25) is 9.48 Å². The minimum Gasteiger partial charge on any atom is -0.341 e. The second kappa shape index (κ2) is 7.00. The van der Waals surface area contributed by atoms with Crippen molar-refractivity contribution in [2.75, 3.05) is 13.1 Å². The topological polar surface area (TPSA) is 84.3 Å². The van der Waals surface area contributed by atoms with E-state index in [1.165, 1.54) is 4.68 Å². The summed E-state index contributed by atoms with van der Waals surface area (Å²) in [6.45, 7) is 8.96. The molecule has 0 unspecified atom stereocenters. The molecule has 0 radical (unpaired) electrons. The third kappa shape index (κ3) is 4.11. The van der Waals surface area contributed by atoms with Crippen molar-refractivity contribution in [1.82, 2.24) is 19.4 Å². The summed E-state index contributed by atoms with van der Waals surface area (Å²) < 4.78 is 29.5. The predicted molar refractivity (Wildman–Crippen MR) is 87.4 cm³/mol. The van der Waals surface area contributed by atoms with Crippen molar-refractivity contribution < 1.29 is 13.2 Å². The number of carbonyl (C=O) groups is 1. The van der Waals surface area contributed by atoms with Gasteiger partial charge in [-0.25, -0.2) is 13.1 Å². The fourth-order valence-corrected chi connectivity index (χ4v) is 4.41. The Bertz CT molecular complexity index is 666. The molecule has 1 N–H and O–H groups in total. The highest BCUT2D eigenvalue weighted by atomic mass is 32.2. The molecule has 1 atom stereocenters. The molecular formula is C15H26N4O3S. The van der Waals surface area contributed by atoms with Crippen LogP contribution in [0.1, 0.15) is 39.3 Å². The summed E-state index contributed by atoms with van der Waals surface area (Å²) in [5.74, 6) is -0.00197. The number of carbonyl (C=O) groups excluding carboxylic acids is 1. The summed E-state index contributed by atoms with van der Waals surface area (Å²) in [4.78, 5) is 13.9. The molecule has 23 heavy (non-hydrogen) atoms. The van der Waals surface area contributed by atoms with Gasteiger partial charge in [0.2, 0.25) is 5.91 Å². The molecule has 1 aliphatic heterocycles. The molecule has 7 nitrogen and oxygen atoms in total. The van der Waals surface area contributed by atoms with E-state index in [4.69, 9.17) is 0 Å². The number of sulfonamides is 1. The van der Waals surface area contributed by atoms with Crippen LogP contribution < -0.4 is 4.72 Å². The van der Waals surface area contributed by atoms with E-state index in [0.29, 0.717) is 25.3 Å². The first-order chi connectivity index (χ1) is 10.7. The third-order valence-corrected chi connectivity index (χ3v) is 5.51. The molecule has 0 bridgehead atoms.